The van der Waals surface area contributed by atoms with Crippen molar-refractivity contribution < 1.29 is 12.6 Å². The first-order valence-corrected chi connectivity index (χ1v) is 7.18. The number of fused-ring (bicyclic) bond motifs is 1. The molecule has 0 atom stereocenters. The van der Waals surface area contributed by atoms with Crippen LogP contribution in [0.15, 0.2) is 29.2 Å². The van der Waals surface area contributed by atoms with Gasteiger partial charge in [0.1, 0.15) is 0 Å². The molecule has 0 unspecified atom stereocenters. The lowest BCUT2D eigenvalue weighted by atomic mass is 10.5. The van der Waals surface area contributed by atoms with Gasteiger partial charge in [0, 0.05) is 12.7 Å². The van der Waals surface area contributed by atoms with Crippen LogP contribution in [0.4, 0.5) is 0 Å². The molecule has 2 aromatic heterocycles. The predicted molar refractivity (Wildman–Crippen MR) is 64.9 cm³/mol. The number of aryl methyl sites for hydroxylation is 1. The largest absolute Gasteiger partial charge is 0.350 e. The maximum absolute atomic E-state index is 11.8. The lowest BCUT2D eigenvalue weighted by molar-refractivity contribution is 0.303. The van der Waals surface area contributed by atoms with Crippen LogP contribution in [-0.4, -0.2) is 35.5 Å². The van der Waals surface area contributed by atoms with Gasteiger partial charge in [0.05, 0.1) is 12.9 Å². The Morgan fingerprint density at radius 2 is 2.17 bits per heavy atom. The third-order valence-electron chi connectivity index (χ3n) is 2.30. The summed E-state index contributed by atoms with van der Waals surface area (Å²) in [5.74, 6) is 0. The van der Waals surface area contributed by atoms with Crippen LogP contribution in [0.1, 0.15) is 6.42 Å². The highest BCUT2D eigenvalue weighted by molar-refractivity contribution is 7.85. The van der Waals surface area contributed by atoms with E-state index >= 15 is 0 Å². The maximum atomic E-state index is 11.8. The van der Waals surface area contributed by atoms with Crippen molar-refractivity contribution in [3.63, 3.8) is 0 Å². The van der Waals surface area contributed by atoms with Crippen LogP contribution >= 0.6 is 0 Å². The van der Waals surface area contributed by atoms with Crippen molar-refractivity contribution in [1.82, 2.24) is 14.2 Å². The molecule has 0 spiro atoms. The minimum Gasteiger partial charge on any atom is -0.270 e. The lowest BCUT2D eigenvalue weighted by Crippen LogP contribution is -2.22. The molecule has 2 rings (SSSR count). The fourth-order valence-corrected chi connectivity index (χ4v) is 1.96. The molecule has 0 aromatic carbocycles. The third kappa shape index (κ3) is 2.96. The summed E-state index contributed by atoms with van der Waals surface area (Å²) in [5, 5.41) is 4.11. The SMILES string of the molecule is CS(=O)(=O)OCCCn1nc2ccccn2c1=O. The topological polar surface area (TPSA) is 82.7 Å². The Balaban J connectivity index is 2.04. The fraction of sp³-hybridized carbons (Fsp3) is 0.400. The van der Waals surface area contributed by atoms with Gasteiger partial charge in [-0.1, -0.05) is 6.07 Å². The van der Waals surface area contributed by atoms with Crippen LogP contribution in [0.2, 0.25) is 0 Å². The normalized spacial score (nSPS) is 12.1. The van der Waals surface area contributed by atoms with E-state index in [4.69, 9.17) is 0 Å². The minimum absolute atomic E-state index is 0.0408. The summed E-state index contributed by atoms with van der Waals surface area (Å²) >= 11 is 0. The highest BCUT2D eigenvalue weighted by atomic mass is 32.2. The summed E-state index contributed by atoms with van der Waals surface area (Å²) in [7, 11) is -3.43. The Morgan fingerprint density at radius 1 is 1.39 bits per heavy atom. The van der Waals surface area contributed by atoms with E-state index in [1.54, 1.807) is 24.4 Å². The molecule has 8 heteroatoms. The van der Waals surface area contributed by atoms with E-state index in [1.807, 2.05) is 0 Å². The van der Waals surface area contributed by atoms with Gasteiger partial charge < -0.3 is 0 Å². The van der Waals surface area contributed by atoms with Gasteiger partial charge in [-0.2, -0.15) is 8.42 Å². The number of rotatable bonds is 5. The summed E-state index contributed by atoms with van der Waals surface area (Å²) in [6.07, 6.45) is 3.02. The quantitative estimate of drug-likeness (QED) is 0.558. The Morgan fingerprint density at radius 3 is 2.83 bits per heavy atom. The Kier molecular flexibility index (Phi) is 3.48. The first-order chi connectivity index (χ1) is 8.47. The first kappa shape index (κ1) is 12.8. The molecular weight excluding hydrogens is 258 g/mol. The van der Waals surface area contributed by atoms with Crippen LogP contribution in [0, 0.1) is 0 Å². The van der Waals surface area contributed by atoms with Crippen LogP contribution in [0.5, 0.6) is 0 Å². The first-order valence-electron chi connectivity index (χ1n) is 5.36. The predicted octanol–water partition coefficient (Wildman–Crippen LogP) is -0.138. The maximum Gasteiger partial charge on any atom is 0.350 e. The lowest BCUT2D eigenvalue weighted by Gasteiger charge is -2.00. The van der Waals surface area contributed by atoms with Gasteiger partial charge in [-0.25, -0.2) is 9.48 Å². The molecule has 0 N–H and O–H groups in total. The van der Waals surface area contributed by atoms with Crippen LogP contribution in [-0.2, 0) is 20.8 Å². The van der Waals surface area contributed by atoms with Gasteiger partial charge in [-0.15, -0.1) is 5.10 Å². The number of hydrogen-bond donors (Lipinski definition) is 0. The summed E-state index contributed by atoms with van der Waals surface area (Å²) < 4.78 is 28.8. The average Bonchev–Trinajstić information content (AvgIpc) is 2.62. The molecule has 0 aliphatic heterocycles. The van der Waals surface area contributed by atoms with Gasteiger partial charge in [0.25, 0.3) is 10.1 Å². The molecule has 7 nitrogen and oxygen atoms in total. The van der Waals surface area contributed by atoms with Crippen LogP contribution in [0.3, 0.4) is 0 Å². The van der Waals surface area contributed by atoms with Crippen LogP contribution in [0.25, 0.3) is 5.65 Å². The standard InChI is InChI=1S/C10H13N3O4S/c1-18(15,16)17-8-4-7-13-10(14)12-6-3-2-5-9(12)11-13/h2-3,5-6H,4,7-8H2,1H3. The molecule has 0 saturated heterocycles. The molecule has 0 saturated carbocycles. The van der Waals surface area contributed by atoms with Crippen molar-refractivity contribution in [3.05, 3.63) is 34.9 Å². The van der Waals surface area contributed by atoms with E-state index in [-0.39, 0.29) is 12.3 Å². The van der Waals surface area contributed by atoms with E-state index < -0.39 is 10.1 Å². The highest BCUT2D eigenvalue weighted by Crippen LogP contribution is 1.97. The van der Waals surface area contributed by atoms with E-state index in [1.165, 1.54) is 9.08 Å². The van der Waals surface area contributed by atoms with Gasteiger partial charge >= 0.3 is 5.69 Å². The van der Waals surface area contributed by atoms with E-state index in [9.17, 15) is 13.2 Å². The van der Waals surface area contributed by atoms with Gasteiger partial charge in [0.2, 0.25) is 0 Å². The fourth-order valence-electron chi connectivity index (χ4n) is 1.54. The summed E-state index contributed by atoms with van der Waals surface area (Å²) in [5.41, 5.74) is 0.316. The van der Waals surface area contributed by atoms with Crippen molar-refractivity contribution in [1.29, 1.82) is 0 Å². The average molecular weight is 271 g/mol. The summed E-state index contributed by atoms with van der Waals surface area (Å²) in [4.78, 5) is 11.8. The second-order valence-electron chi connectivity index (χ2n) is 3.81. The molecule has 0 fully saturated rings. The summed E-state index contributed by atoms with van der Waals surface area (Å²) in [6.45, 7) is 0.356. The highest BCUT2D eigenvalue weighted by Gasteiger charge is 2.06. The molecule has 18 heavy (non-hydrogen) atoms. The molecule has 0 amide bonds. The van der Waals surface area contributed by atoms with E-state index in [2.05, 4.69) is 9.28 Å². The zero-order valence-electron chi connectivity index (χ0n) is 9.81. The van der Waals surface area contributed by atoms with Crippen molar-refractivity contribution in [3.8, 4) is 0 Å². The molecule has 0 aliphatic carbocycles. The van der Waals surface area contributed by atoms with Gasteiger partial charge in [0.15, 0.2) is 5.65 Å². The number of pyridine rings is 1. The smallest absolute Gasteiger partial charge is 0.270 e. The second-order valence-corrected chi connectivity index (χ2v) is 5.46. The zero-order valence-corrected chi connectivity index (χ0v) is 10.6. The van der Waals surface area contributed by atoms with E-state index in [0.29, 0.717) is 18.6 Å². The number of nitrogens with zero attached hydrogens (tertiary/aromatic N) is 3. The van der Waals surface area contributed by atoms with E-state index in [0.717, 1.165) is 6.26 Å². The minimum atomic E-state index is -3.43. The number of hydrogen-bond acceptors (Lipinski definition) is 5. The third-order valence-corrected chi connectivity index (χ3v) is 2.89. The van der Waals surface area contributed by atoms with Crippen LogP contribution < -0.4 is 5.69 Å². The molecule has 2 heterocycles. The van der Waals surface area contributed by atoms with Gasteiger partial charge in [-0.3, -0.25) is 8.58 Å². The molecule has 98 valence electrons. The molecule has 2 aromatic rings. The number of aromatic nitrogens is 3. The molecule has 0 radical (unpaired) electrons. The Labute approximate surface area is 104 Å². The monoisotopic (exact) mass is 271 g/mol. The van der Waals surface area contributed by atoms with Crippen molar-refractivity contribution >= 4 is 15.8 Å². The Hall–Kier alpha value is -1.67. The molecule has 0 bridgehead atoms. The second kappa shape index (κ2) is 4.91. The van der Waals surface area contributed by atoms with Gasteiger partial charge in [-0.05, 0) is 18.6 Å². The van der Waals surface area contributed by atoms with Crippen molar-refractivity contribution in [2.24, 2.45) is 0 Å². The molecule has 0 aliphatic rings. The zero-order chi connectivity index (χ0) is 13.2. The molecular formula is C10H13N3O4S. The van der Waals surface area contributed by atoms with Crippen molar-refractivity contribution in [2.45, 2.75) is 13.0 Å². The summed E-state index contributed by atoms with van der Waals surface area (Å²) in [6, 6.07) is 5.26. The van der Waals surface area contributed by atoms with Crippen molar-refractivity contribution in [2.75, 3.05) is 12.9 Å². The Bertz CT molecular complexity index is 701.